The fraction of sp³-hybridized carbons (Fsp3) is 0.647. The second-order valence-corrected chi connectivity index (χ2v) is 6.14. The van der Waals surface area contributed by atoms with Crippen LogP contribution in [0.25, 0.3) is 0 Å². The van der Waals surface area contributed by atoms with Gasteiger partial charge in [0.05, 0.1) is 0 Å². The third-order valence-electron chi connectivity index (χ3n) is 4.84. The summed E-state index contributed by atoms with van der Waals surface area (Å²) >= 11 is 0. The number of phenolic OH excluding ortho intramolecular Hbond substituents is 1. The lowest BCUT2D eigenvalue weighted by Crippen LogP contribution is -2.43. The number of benzene rings is 1. The lowest BCUT2D eigenvalue weighted by molar-refractivity contribution is 0.210. The Morgan fingerprint density at radius 1 is 1.25 bits per heavy atom. The van der Waals surface area contributed by atoms with Crippen molar-refractivity contribution >= 4 is 5.69 Å². The van der Waals surface area contributed by atoms with Crippen LogP contribution in [0.4, 0.5) is 5.69 Å². The molecule has 3 heteroatoms. The molecule has 1 aliphatic carbocycles. The number of rotatable bonds is 5. The average molecular weight is 276 g/mol. The third-order valence-corrected chi connectivity index (χ3v) is 4.84. The maximum Gasteiger partial charge on any atom is 0.115 e. The largest absolute Gasteiger partial charge is 0.508 e. The Morgan fingerprint density at radius 3 is 2.55 bits per heavy atom. The molecule has 0 radical (unpaired) electrons. The van der Waals surface area contributed by atoms with Crippen LogP contribution in [0.3, 0.4) is 0 Å². The fourth-order valence-electron chi connectivity index (χ4n) is 3.48. The van der Waals surface area contributed by atoms with Crippen LogP contribution in [0.1, 0.15) is 32.6 Å². The summed E-state index contributed by atoms with van der Waals surface area (Å²) in [6.07, 6.45) is 5.28. The molecule has 2 rings (SSSR count). The van der Waals surface area contributed by atoms with E-state index in [0.717, 1.165) is 12.5 Å². The van der Waals surface area contributed by atoms with Crippen LogP contribution < -0.4 is 10.2 Å². The van der Waals surface area contributed by atoms with Gasteiger partial charge in [-0.2, -0.15) is 0 Å². The average Bonchev–Trinajstić information content (AvgIpc) is 2.47. The topological polar surface area (TPSA) is 35.5 Å². The highest BCUT2D eigenvalue weighted by atomic mass is 16.3. The smallest absolute Gasteiger partial charge is 0.115 e. The number of aromatic hydroxyl groups is 1. The van der Waals surface area contributed by atoms with Gasteiger partial charge in [0.25, 0.3) is 0 Å². The SMILES string of the molecule is CCC1CCC(NC)C(CN(C)c2ccc(O)cc2)C1. The van der Waals surface area contributed by atoms with Gasteiger partial charge >= 0.3 is 0 Å². The Bertz CT molecular complexity index is 404. The second kappa shape index (κ2) is 6.98. The molecule has 3 nitrogen and oxygen atoms in total. The summed E-state index contributed by atoms with van der Waals surface area (Å²) in [4.78, 5) is 2.31. The molecule has 1 fully saturated rings. The minimum Gasteiger partial charge on any atom is -0.508 e. The fourth-order valence-corrected chi connectivity index (χ4v) is 3.48. The first-order valence-electron chi connectivity index (χ1n) is 7.81. The molecule has 0 amide bonds. The first-order chi connectivity index (χ1) is 9.63. The zero-order chi connectivity index (χ0) is 14.5. The maximum absolute atomic E-state index is 9.38. The zero-order valence-corrected chi connectivity index (χ0v) is 13.0. The Morgan fingerprint density at radius 2 is 1.95 bits per heavy atom. The van der Waals surface area contributed by atoms with Gasteiger partial charge in [-0.3, -0.25) is 0 Å². The van der Waals surface area contributed by atoms with Crippen LogP contribution in [-0.2, 0) is 0 Å². The number of hydrogen-bond donors (Lipinski definition) is 2. The Balaban J connectivity index is 2.00. The van der Waals surface area contributed by atoms with Gasteiger partial charge in [-0.1, -0.05) is 13.3 Å². The molecular formula is C17H28N2O. The molecule has 20 heavy (non-hydrogen) atoms. The molecule has 2 N–H and O–H groups in total. The van der Waals surface area contributed by atoms with Gasteiger partial charge < -0.3 is 15.3 Å². The van der Waals surface area contributed by atoms with Crippen LogP contribution in [0.5, 0.6) is 5.75 Å². The van der Waals surface area contributed by atoms with Crippen LogP contribution in [-0.4, -0.2) is 31.8 Å². The lowest BCUT2D eigenvalue weighted by atomic mass is 9.76. The van der Waals surface area contributed by atoms with E-state index >= 15 is 0 Å². The van der Waals surface area contributed by atoms with Crippen molar-refractivity contribution in [2.75, 3.05) is 25.5 Å². The van der Waals surface area contributed by atoms with Crippen molar-refractivity contribution in [3.05, 3.63) is 24.3 Å². The highest BCUT2D eigenvalue weighted by Crippen LogP contribution is 2.32. The number of hydrogen-bond acceptors (Lipinski definition) is 3. The van der Waals surface area contributed by atoms with Gasteiger partial charge in [-0.25, -0.2) is 0 Å². The molecule has 0 heterocycles. The van der Waals surface area contributed by atoms with E-state index < -0.39 is 0 Å². The minimum absolute atomic E-state index is 0.332. The number of nitrogens with zero attached hydrogens (tertiary/aromatic N) is 1. The Hall–Kier alpha value is -1.22. The van der Waals surface area contributed by atoms with Gasteiger partial charge in [0.15, 0.2) is 0 Å². The van der Waals surface area contributed by atoms with Crippen molar-refractivity contribution < 1.29 is 5.11 Å². The van der Waals surface area contributed by atoms with Crippen molar-refractivity contribution in [3.63, 3.8) is 0 Å². The van der Waals surface area contributed by atoms with Gasteiger partial charge in [0, 0.05) is 25.3 Å². The Kier molecular flexibility index (Phi) is 5.30. The highest BCUT2D eigenvalue weighted by Gasteiger charge is 2.29. The molecule has 1 aromatic rings. The van der Waals surface area contributed by atoms with Crippen LogP contribution >= 0.6 is 0 Å². The van der Waals surface area contributed by atoms with Crippen LogP contribution in [0, 0.1) is 11.8 Å². The summed E-state index contributed by atoms with van der Waals surface area (Å²) in [6, 6.07) is 8.14. The van der Waals surface area contributed by atoms with Gasteiger partial charge in [0.1, 0.15) is 5.75 Å². The van der Waals surface area contributed by atoms with Crippen LogP contribution in [0.2, 0.25) is 0 Å². The summed E-state index contributed by atoms with van der Waals surface area (Å²) in [6.45, 7) is 3.39. The quantitative estimate of drug-likeness (QED) is 0.866. The number of phenols is 1. The maximum atomic E-state index is 9.38. The van der Waals surface area contributed by atoms with Crippen molar-refractivity contribution in [1.29, 1.82) is 0 Å². The summed E-state index contributed by atoms with van der Waals surface area (Å²) < 4.78 is 0. The standard InChI is InChI=1S/C17H28N2O/c1-4-13-5-10-17(18-2)14(11-13)12-19(3)15-6-8-16(20)9-7-15/h6-9,13-14,17-18,20H,4-5,10-12H2,1-3H3. The summed E-state index contributed by atoms with van der Waals surface area (Å²) in [5.41, 5.74) is 1.18. The van der Waals surface area contributed by atoms with E-state index in [-0.39, 0.29) is 0 Å². The van der Waals surface area contributed by atoms with Crippen molar-refractivity contribution in [1.82, 2.24) is 5.32 Å². The molecule has 0 bridgehead atoms. The van der Waals surface area contributed by atoms with Crippen LogP contribution in [0.15, 0.2) is 24.3 Å². The summed E-state index contributed by atoms with van der Waals surface area (Å²) in [7, 11) is 4.24. The molecule has 1 aliphatic rings. The zero-order valence-electron chi connectivity index (χ0n) is 13.0. The van der Waals surface area contributed by atoms with E-state index in [1.807, 2.05) is 12.1 Å². The molecule has 3 atom stereocenters. The second-order valence-electron chi connectivity index (χ2n) is 6.14. The van der Waals surface area contributed by atoms with Crippen molar-refractivity contribution in [2.45, 2.75) is 38.6 Å². The van der Waals surface area contributed by atoms with E-state index in [0.29, 0.717) is 17.7 Å². The van der Waals surface area contributed by atoms with E-state index in [2.05, 4.69) is 31.2 Å². The van der Waals surface area contributed by atoms with Crippen molar-refractivity contribution in [2.24, 2.45) is 11.8 Å². The number of anilines is 1. The molecule has 0 aliphatic heterocycles. The Labute approximate surface area is 123 Å². The van der Waals surface area contributed by atoms with Crippen molar-refractivity contribution in [3.8, 4) is 5.75 Å². The first kappa shape index (κ1) is 15.2. The summed E-state index contributed by atoms with van der Waals surface area (Å²) in [5.74, 6) is 1.93. The van der Waals surface area contributed by atoms with E-state index in [1.165, 1.54) is 31.4 Å². The predicted molar refractivity (Wildman–Crippen MR) is 85.3 cm³/mol. The molecule has 0 aromatic heterocycles. The molecule has 0 spiro atoms. The van der Waals surface area contributed by atoms with Gasteiger partial charge in [-0.05, 0) is 62.4 Å². The molecule has 3 unspecified atom stereocenters. The first-order valence-corrected chi connectivity index (χ1v) is 7.81. The minimum atomic E-state index is 0.332. The third kappa shape index (κ3) is 3.66. The van der Waals surface area contributed by atoms with E-state index in [9.17, 15) is 5.11 Å². The monoisotopic (exact) mass is 276 g/mol. The molecule has 1 aromatic carbocycles. The molecule has 0 saturated heterocycles. The highest BCUT2D eigenvalue weighted by molar-refractivity contribution is 5.48. The van der Waals surface area contributed by atoms with Gasteiger partial charge in [-0.15, -0.1) is 0 Å². The lowest BCUT2D eigenvalue weighted by Gasteiger charge is -2.38. The molecule has 112 valence electrons. The molecular weight excluding hydrogens is 248 g/mol. The van der Waals surface area contributed by atoms with E-state index in [4.69, 9.17) is 0 Å². The normalized spacial score (nSPS) is 26.4. The molecule has 1 saturated carbocycles. The number of nitrogens with one attached hydrogen (secondary N) is 1. The van der Waals surface area contributed by atoms with E-state index in [1.54, 1.807) is 12.1 Å². The summed E-state index contributed by atoms with van der Waals surface area (Å²) in [5, 5.41) is 12.9. The van der Waals surface area contributed by atoms with Gasteiger partial charge in [0.2, 0.25) is 0 Å². The predicted octanol–water partition coefficient (Wildman–Crippen LogP) is 3.24.